The average Bonchev–Trinajstić information content (AvgIpc) is 2.69. The van der Waals surface area contributed by atoms with Crippen LogP contribution >= 0.6 is 27.5 Å². The Bertz CT molecular complexity index is 997. The Labute approximate surface area is 183 Å². The molecule has 1 N–H and O–H groups in total. The second-order valence-electron chi connectivity index (χ2n) is 6.52. The van der Waals surface area contributed by atoms with Gasteiger partial charge in [-0.2, -0.15) is 0 Å². The monoisotopic (exact) mass is 477 g/mol. The lowest BCUT2D eigenvalue weighted by molar-refractivity contribution is 0.267. The van der Waals surface area contributed by atoms with Gasteiger partial charge >= 0.3 is 0 Å². The van der Waals surface area contributed by atoms with E-state index in [1.54, 1.807) is 6.07 Å². The van der Waals surface area contributed by atoms with E-state index in [0.717, 1.165) is 31.9 Å². The molecule has 29 heavy (non-hydrogen) atoms. The van der Waals surface area contributed by atoms with E-state index in [1.807, 2.05) is 50.2 Å². The molecule has 152 valence electrons. The highest BCUT2D eigenvalue weighted by Crippen LogP contribution is 2.38. The maximum Gasteiger partial charge on any atom is 0.175 e. The Hall–Kier alpha value is -2.24. The standard InChI is InChI=1S/C23H22BrClFNO2/c1-3-28-22-12-17(13-27-21-9-5-8-20(25)15(21)2)11-19(24)23(22)29-14-16-6-4-7-18(26)10-16/h4-12,27H,3,13-14H2,1-2H3. The lowest BCUT2D eigenvalue weighted by Crippen LogP contribution is -2.05. The Balaban J connectivity index is 1.77. The predicted molar refractivity (Wildman–Crippen MR) is 120 cm³/mol. The number of hydrogen-bond acceptors (Lipinski definition) is 3. The predicted octanol–water partition coefficient (Wildman–Crippen LogP) is 7.14. The first-order chi connectivity index (χ1) is 14.0. The highest BCUT2D eigenvalue weighted by Gasteiger charge is 2.13. The quantitative estimate of drug-likeness (QED) is 0.373. The van der Waals surface area contributed by atoms with E-state index in [9.17, 15) is 4.39 Å². The minimum Gasteiger partial charge on any atom is -0.490 e. The van der Waals surface area contributed by atoms with Gasteiger partial charge in [0.2, 0.25) is 0 Å². The lowest BCUT2D eigenvalue weighted by Gasteiger charge is -2.17. The van der Waals surface area contributed by atoms with Gasteiger partial charge in [0.1, 0.15) is 12.4 Å². The van der Waals surface area contributed by atoms with Gasteiger partial charge in [0, 0.05) is 17.3 Å². The fourth-order valence-electron chi connectivity index (χ4n) is 2.90. The van der Waals surface area contributed by atoms with Gasteiger partial charge < -0.3 is 14.8 Å². The van der Waals surface area contributed by atoms with Crippen LogP contribution in [0.1, 0.15) is 23.6 Å². The molecule has 0 saturated carbocycles. The highest BCUT2D eigenvalue weighted by molar-refractivity contribution is 9.10. The molecule has 0 atom stereocenters. The van der Waals surface area contributed by atoms with Crippen LogP contribution in [0, 0.1) is 12.7 Å². The molecule has 3 aromatic rings. The number of rotatable bonds is 8. The molecule has 0 unspecified atom stereocenters. The molecule has 0 aromatic heterocycles. The van der Waals surface area contributed by atoms with Gasteiger partial charge in [0.05, 0.1) is 11.1 Å². The molecular weight excluding hydrogens is 457 g/mol. The maximum absolute atomic E-state index is 13.4. The smallest absolute Gasteiger partial charge is 0.175 e. The van der Waals surface area contributed by atoms with Crippen LogP contribution in [0.4, 0.5) is 10.1 Å². The third kappa shape index (κ3) is 5.64. The first kappa shape index (κ1) is 21.5. The number of halogens is 3. The van der Waals surface area contributed by atoms with Crippen LogP contribution in [0.2, 0.25) is 5.02 Å². The number of benzene rings is 3. The lowest BCUT2D eigenvalue weighted by atomic mass is 10.1. The summed E-state index contributed by atoms with van der Waals surface area (Å²) in [6, 6.07) is 16.1. The number of hydrogen-bond donors (Lipinski definition) is 1. The second-order valence-corrected chi connectivity index (χ2v) is 7.78. The fraction of sp³-hybridized carbons (Fsp3) is 0.217. The average molecular weight is 479 g/mol. The molecule has 0 saturated heterocycles. The van der Waals surface area contributed by atoms with Gasteiger partial charge in [-0.15, -0.1) is 0 Å². The Morgan fingerprint density at radius 2 is 1.83 bits per heavy atom. The number of ether oxygens (including phenoxy) is 2. The summed E-state index contributed by atoms with van der Waals surface area (Å²) in [5, 5.41) is 4.14. The van der Waals surface area contributed by atoms with Gasteiger partial charge in [-0.3, -0.25) is 0 Å². The highest BCUT2D eigenvalue weighted by atomic mass is 79.9. The third-order valence-corrected chi connectivity index (χ3v) is 5.39. The van der Waals surface area contributed by atoms with Gasteiger partial charge in [0.25, 0.3) is 0 Å². The van der Waals surface area contributed by atoms with Crippen LogP contribution in [0.3, 0.4) is 0 Å². The number of nitrogens with one attached hydrogen (secondary N) is 1. The van der Waals surface area contributed by atoms with E-state index in [2.05, 4.69) is 21.2 Å². The minimum absolute atomic E-state index is 0.246. The van der Waals surface area contributed by atoms with Crippen molar-refractivity contribution in [1.82, 2.24) is 0 Å². The van der Waals surface area contributed by atoms with Crippen LogP contribution < -0.4 is 14.8 Å². The van der Waals surface area contributed by atoms with Crippen molar-refractivity contribution in [2.45, 2.75) is 27.0 Å². The van der Waals surface area contributed by atoms with E-state index in [-0.39, 0.29) is 12.4 Å². The molecule has 0 heterocycles. The Kier molecular flexibility index (Phi) is 7.40. The zero-order chi connectivity index (χ0) is 20.8. The summed E-state index contributed by atoms with van der Waals surface area (Å²) in [6.07, 6.45) is 0. The molecule has 0 fully saturated rings. The maximum atomic E-state index is 13.4. The summed E-state index contributed by atoms with van der Waals surface area (Å²) in [7, 11) is 0. The minimum atomic E-state index is -0.284. The van der Waals surface area contributed by atoms with Crippen molar-refractivity contribution >= 4 is 33.2 Å². The molecule has 0 aliphatic carbocycles. The molecule has 3 rings (SSSR count). The van der Waals surface area contributed by atoms with Gasteiger partial charge in [-0.1, -0.05) is 29.8 Å². The number of anilines is 1. The third-order valence-electron chi connectivity index (χ3n) is 4.39. The zero-order valence-corrected chi connectivity index (χ0v) is 18.6. The largest absolute Gasteiger partial charge is 0.490 e. The zero-order valence-electron chi connectivity index (χ0n) is 16.3. The second kappa shape index (κ2) is 9.99. The van der Waals surface area contributed by atoms with Crippen molar-refractivity contribution in [3.05, 3.63) is 86.6 Å². The fourth-order valence-corrected chi connectivity index (χ4v) is 3.68. The Morgan fingerprint density at radius 1 is 1.03 bits per heavy atom. The summed E-state index contributed by atoms with van der Waals surface area (Å²) in [6.45, 7) is 5.26. The van der Waals surface area contributed by atoms with Crippen molar-refractivity contribution in [2.24, 2.45) is 0 Å². The molecular formula is C23H22BrClFNO2. The SMILES string of the molecule is CCOc1cc(CNc2cccc(Cl)c2C)cc(Br)c1OCc1cccc(F)c1. The van der Waals surface area contributed by atoms with E-state index >= 15 is 0 Å². The van der Waals surface area contributed by atoms with Crippen LogP contribution in [0.25, 0.3) is 0 Å². The molecule has 0 radical (unpaired) electrons. The van der Waals surface area contributed by atoms with Crippen LogP contribution in [-0.2, 0) is 13.2 Å². The van der Waals surface area contributed by atoms with Crippen molar-refractivity contribution < 1.29 is 13.9 Å². The van der Waals surface area contributed by atoms with E-state index < -0.39 is 0 Å². The first-order valence-corrected chi connectivity index (χ1v) is 10.5. The molecule has 0 aliphatic rings. The van der Waals surface area contributed by atoms with E-state index in [0.29, 0.717) is 24.7 Å². The normalized spacial score (nSPS) is 10.7. The van der Waals surface area contributed by atoms with Gasteiger partial charge in [0.15, 0.2) is 11.5 Å². The molecule has 3 aromatic carbocycles. The van der Waals surface area contributed by atoms with Crippen molar-refractivity contribution in [2.75, 3.05) is 11.9 Å². The first-order valence-electron chi connectivity index (χ1n) is 9.29. The molecule has 3 nitrogen and oxygen atoms in total. The van der Waals surface area contributed by atoms with E-state index in [4.69, 9.17) is 21.1 Å². The summed E-state index contributed by atoms with van der Waals surface area (Å²) < 4.78 is 25.9. The summed E-state index contributed by atoms with van der Waals surface area (Å²) in [4.78, 5) is 0. The molecule has 0 spiro atoms. The van der Waals surface area contributed by atoms with Gasteiger partial charge in [-0.25, -0.2) is 4.39 Å². The molecule has 0 aliphatic heterocycles. The van der Waals surface area contributed by atoms with Crippen LogP contribution in [0.5, 0.6) is 11.5 Å². The van der Waals surface area contributed by atoms with Gasteiger partial charge in [-0.05, 0) is 82.9 Å². The summed E-state index contributed by atoms with van der Waals surface area (Å²) in [5.41, 5.74) is 3.77. The summed E-state index contributed by atoms with van der Waals surface area (Å²) >= 11 is 9.78. The summed E-state index contributed by atoms with van der Waals surface area (Å²) in [5.74, 6) is 0.949. The van der Waals surface area contributed by atoms with Crippen molar-refractivity contribution in [1.29, 1.82) is 0 Å². The van der Waals surface area contributed by atoms with Crippen molar-refractivity contribution in [3.63, 3.8) is 0 Å². The van der Waals surface area contributed by atoms with E-state index in [1.165, 1.54) is 12.1 Å². The van der Waals surface area contributed by atoms with Crippen LogP contribution in [0.15, 0.2) is 59.1 Å². The topological polar surface area (TPSA) is 30.5 Å². The molecule has 0 bridgehead atoms. The van der Waals surface area contributed by atoms with Crippen molar-refractivity contribution in [3.8, 4) is 11.5 Å². The van der Waals surface area contributed by atoms with Crippen LogP contribution in [-0.4, -0.2) is 6.61 Å². The molecule has 0 amide bonds. The molecule has 6 heteroatoms. The Morgan fingerprint density at radius 3 is 2.59 bits per heavy atom.